The van der Waals surface area contributed by atoms with E-state index >= 15 is 0 Å². The first-order valence-corrected chi connectivity index (χ1v) is 4.14. The third-order valence-corrected chi connectivity index (χ3v) is 1.34. The van der Waals surface area contributed by atoms with Crippen LogP contribution in [0.4, 0.5) is 0 Å². The molecule has 0 heterocycles. The van der Waals surface area contributed by atoms with Gasteiger partial charge < -0.3 is 10.5 Å². The smallest absolute Gasteiger partial charge is 0.0617 e. The lowest BCUT2D eigenvalue weighted by molar-refractivity contribution is 0.119. The van der Waals surface area contributed by atoms with Gasteiger partial charge in [0.1, 0.15) is 0 Å². The topological polar surface area (TPSA) is 35.2 Å². The van der Waals surface area contributed by atoms with Gasteiger partial charge in [0.15, 0.2) is 0 Å². The Morgan fingerprint density at radius 2 is 2.00 bits per heavy atom. The Hall–Kier alpha value is -0.0800. The van der Waals surface area contributed by atoms with Gasteiger partial charge in [-0.3, -0.25) is 0 Å². The highest BCUT2D eigenvalue weighted by Crippen LogP contribution is 1.93. The largest absolute Gasteiger partial charge is 0.380 e. The molecule has 0 unspecified atom stereocenters. The van der Waals surface area contributed by atoms with E-state index in [4.69, 9.17) is 10.5 Å². The van der Waals surface area contributed by atoms with Crippen LogP contribution in [0, 0.1) is 0 Å². The van der Waals surface area contributed by atoms with Crippen molar-refractivity contribution in [1.29, 1.82) is 0 Å². The van der Waals surface area contributed by atoms with Crippen molar-refractivity contribution >= 4 is 0 Å². The van der Waals surface area contributed by atoms with E-state index in [2.05, 4.69) is 13.8 Å². The van der Waals surface area contributed by atoms with E-state index in [1.807, 2.05) is 0 Å². The zero-order valence-electron chi connectivity index (χ0n) is 7.10. The summed E-state index contributed by atoms with van der Waals surface area (Å²) in [4.78, 5) is 0. The van der Waals surface area contributed by atoms with E-state index in [0.29, 0.717) is 0 Å². The van der Waals surface area contributed by atoms with Crippen molar-refractivity contribution in [2.45, 2.75) is 39.2 Å². The Kier molecular flexibility index (Phi) is 6.98. The molecule has 0 aromatic carbocycles. The van der Waals surface area contributed by atoms with Gasteiger partial charge in [0, 0.05) is 12.6 Å². The number of ether oxygens (including phenoxy) is 1. The first kappa shape index (κ1) is 9.92. The average Bonchev–Trinajstić information content (AvgIpc) is 1.89. The molecule has 0 amide bonds. The average molecular weight is 145 g/mol. The predicted molar refractivity (Wildman–Crippen MR) is 44.0 cm³/mol. The Balaban J connectivity index is 2.97. The summed E-state index contributed by atoms with van der Waals surface area (Å²) in [6.45, 7) is 5.81. The van der Waals surface area contributed by atoms with Crippen molar-refractivity contribution in [1.82, 2.24) is 0 Å². The maximum Gasteiger partial charge on any atom is 0.0617 e. The standard InChI is InChI=1S/C8H19NO/c1-3-5-8(9)7-10-6-4-2/h8H,3-7,9H2,1-2H3/t8-/m0/s1. The van der Waals surface area contributed by atoms with Crippen LogP contribution in [0.25, 0.3) is 0 Å². The molecule has 0 saturated carbocycles. The zero-order chi connectivity index (χ0) is 7.82. The minimum atomic E-state index is 0.247. The highest BCUT2D eigenvalue weighted by Gasteiger charge is 1.98. The summed E-state index contributed by atoms with van der Waals surface area (Å²) in [6, 6.07) is 0.247. The Labute approximate surface area is 63.7 Å². The molecule has 0 saturated heterocycles. The molecule has 2 heteroatoms. The summed E-state index contributed by atoms with van der Waals surface area (Å²) in [5.74, 6) is 0. The molecule has 0 fully saturated rings. The van der Waals surface area contributed by atoms with Crippen molar-refractivity contribution in [2.75, 3.05) is 13.2 Å². The molecule has 2 nitrogen and oxygen atoms in total. The van der Waals surface area contributed by atoms with E-state index < -0.39 is 0 Å². The molecule has 0 aliphatic heterocycles. The van der Waals surface area contributed by atoms with Crippen LogP contribution in [0.3, 0.4) is 0 Å². The second-order valence-electron chi connectivity index (χ2n) is 2.62. The van der Waals surface area contributed by atoms with Gasteiger partial charge in [0.2, 0.25) is 0 Å². The molecule has 0 rings (SSSR count). The summed E-state index contributed by atoms with van der Waals surface area (Å²) in [5.41, 5.74) is 5.70. The molecule has 0 spiro atoms. The van der Waals surface area contributed by atoms with E-state index in [1.54, 1.807) is 0 Å². The SMILES string of the molecule is CCCOC[C@@H](N)CCC. The van der Waals surface area contributed by atoms with Gasteiger partial charge in [-0.1, -0.05) is 20.3 Å². The van der Waals surface area contributed by atoms with E-state index in [-0.39, 0.29) is 6.04 Å². The summed E-state index contributed by atoms with van der Waals surface area (Å²) >= 11 is 0. The molecule has 62 valence electrons. The van der Waals surface area contributed by atoms with Crippen molar-refractivity contribution in [2.24, 2.45) is 5.73 Å². The fraction of sp³-hybridized carbons (Fsp3) is 1.00. The molecule has 1 atom stereocenters. The van der Waals surface area contributed by atoms with E-state index in [9.17, 15) is 0 Å². The van der Waals surface area contributed by atoms with Crippen molar-refractivity contribution in [3.05, 3.63) is 0 Å². The first-order chi connectivity index (χ1) is 4.81. The molecule has 2 N–H and O–H groups in total. The van der Waals surface area contributed by atoms with Crippen LogP contribution in [0.5, 0.6) is 0 Å². The molecular formula is C8H19NO. The maximum atomic E-state index is 5.70. The van der Waals surface area contributed by atoms with Crippen molar-refractivity contribution in [3.8, 4) is 0 Å². The molecule has 0 aliphatic carbocycles. The summed E-state index contributed by atoms with van der Waals surface area (Å²) < 4.78 is 5.27. The van der Waals surface area contributed by atoms with Gasteiger partial charge in [-0.05, 0) is 12.8 Å². The lowest BCUT2D eigenvalue weighted by Crippen LogP contribution is -2.25. The molecule has 0 aliphatic rings. The fourth-order valence-electron chi connectivity index (χ4n) is 0.833. The quantitative estimate of drug-likeness (QED) is 0.575. The van der Waals surface area contributed by atoms with Crippen LogP contribution in [-0.4, -0.2) is 19.3 Å². The Morgan fingerprint density at radius 3 is 2.50 bits per heavy atom. The van der Waals surface area contributed by atoms with E-state index in [0.717, 1.165) is 32.5 Å². The minimum Gasteiger partial charge on any atom is -0.380 e. The van der Waals surface area contributed by atoms with Gasteiger partial charge in [0.05, 0.1) is 6.61 Å². The monoisotopic (exact) mass is 145 g/mol. The minimum absolute atomic E-state index is 0.247. The predicted octanol–water partition coefficient (Wildman–Crippen LogP) is 1.54. The van der Waals surface area contributed by atoms with Gasteiger partial charge in [-0.2, -0.15) is 0 Å². The van der Waals surface area contributed by atoms with E-state index in [1.165, 1.54) is 0 Å². The third kappa shape index (κ3) is 6.05. The number of hydrogen-bond acceptors (Lipinski definition) is 2. The van der Waals surface area contributed by atoms with Gasteiger partial charge >= 0.3 is 0 Å². The summed E-state index contributed by atoms with van der Waals surface area (Å²) in [5, 5.41) is 0. The van der Waals surface area contributed by atoms with Crippen molar-refractivity contribution < 1.29 is 4.74 Å². The van der Waals surface area contributed by atoms with Crippen LogP contribution >= 0.6 is 0 Å². The molecule has 0 aromatic heterocycles. The lowest BCUT2D eigenvalue weighted by Gasteiger charge is -2.09. The number of rotatable bonds is 6. The summed E-state index contributed by atoms with van der Waals surface area (Å²) in [6.07, 6.45) is 3.30. The molecular weight excluding hydrogens is 126 g/mol. The molecule has 0 bridgehead atoms. The Morgan fingerprint density at radius 1 is 1.30 bits per heavy atom. The summed E-state index contributed by atoms with van der Waals surface area (Å²) in [7, 11) is 0. The lowest BCUT2D eigenvalue weighted by atomic mass is 10.2. The molecule has 0 radical (unpaired) electrons. The molecule has 10 heavy (non-hydrogen) atoms. The van der Waals surface area contributed by atoms with Gasteiger partial charge in [-0.15, -0.1) is 0 Å². The second-order valence-corrected chi connectivity index (χ2v) is 2.62. The van der Waals surface area contributed by atoms with Crippen LogP contribution in [-0.2, 0) is 4.74 Å². The van der Waals surface area contributed by atoms with Crippen LogP contribution in [0.2, 0.25) is 0 Å². The Bertz CT molecular complexity index is 66.3. The normalized spacial score (nSPS) is 13.5. The number of nitrogens with two attached hydrogens (primary N) is 1. The first-order valence-electron chi connectivity index (χ1n) is 4.14. The second kappa shape index (κ2) is 7.03. The van der Waals surface area contributed by atoms with Crippen LogP contribution in [0.1, 0.15) is 33.1 Å². The maximum absolute atomic E-state index is 5.70. The third-order valence-electron chi connectivity index (χ3n) is 1.34. The highest BCUT2D eigenvalue weighted by atomic mass is 16.5. The van der Waals surface area contributed by atoms with Crippen molar-refractivity contribution in [3.63, 3.8) is 0 Å². The number of hydrogen-bond donors (Lipinski definition) is 1. The highest BCUT2D eigenvalue weighted by molar-refractivity contribution is 4.57. The fourth-order valence-corrected chi connectivity index (χ4v) is 0.833. The van der Waals surface area contributed by atoms with Gasteiger partial charge in [-0.25, -0.2) is 0 Å². The van der Waals surface area contributed by atoms with Crippen LogP contribution in [0.15, 0.2) is 0 Å². The van der Waals surface area contributed by atoms with Crippen LogP contribution < -0.4 is 5.73 Å². The zero-order valence-corrected chi connectivity index (χ0v) is 7.10. The van der Waals surface area contributed by atoms with Gasteiger partial charge in [0.25, 0.3) is 0 Å². The molecule has 0 aromatic rings.